The molecule has 0 aliphatic carbocycles. The number of alkyl carbamates (subject to hydrolysis) is 2. The van der Waals surface area contributed by atoms with Crippen molar-refractivity contribution in [2.45, 2.75) is 44.9 Å². The summed E-state index contributed by atoms with van der Waals surface area (Å²) in [5, 5.41) is 5.60. The van der Waals surface area contributed by atoms with Crippen molar-refractivity contribution in [3.05, 3.63) is 59.7 Å². The normalized spacial score (nSPS) is 18.1. The van der Waals surface area contributed by atoms with Gasteiger partial charge in [-0.2, -0.15) is 0 Å². The third kappa shape index (κ3) is 4.64. The number of likely N-dealkylation sites (N-methyl/N-ethyl adjacent to an activating group) is 1. The molecule has 0 fully saturated rings. The summed E-state index contributed by atoms with van der Waals surface area (Å²) in [5.74, 6) is -0.0258. The Morgan fingerprint density at radius 3 is 2.35 bits per heavy atom. The Balaban J connectivity index is 2.27. The Morgan fingerprint density at radius 1 is 1.06 bits per heavy atom. The van der Waals surface area contributed by atoms with E-state index in [1.165, 1.54) is 12.0 Å². The zero-order chi connectivity index (χ0) is 25.1. The van der Waals surface area contributed by atoms with Crippen molar-refractivity contribution >= 4 is 23.8 Å². The molecule has 0 saturated carbocycles. The largest absolute Gasteiger partial charge is 0.496 e. The molecule has 182 valence electrons. The molecule has 1 unspecified atom stereocenters. The van der Waals surface area contributed by atoms with Crippen LogP contribution in [0, 0.1) is 0 Å². The number of hydrogen-bond acceptors (Lipinski definition) is 6. The molecule has 0 radical (unpaired) electrons. The summed E-state index contributed by atoms with van der Waals surface area (Å²) in [6, 6.07) is 12.9. The third-order valence-electron chi connectivity index (χ3n) is 5.45. The SMILES string of the molecule is CCOC(=O)NC1([C@@H](NC(=O)OC(C)(C)C)c2ccccc2OC)C(=O)N(C)c2ccccc21. The van der Waals surface area contributed by atoms with E-state index in [0.717, 1.165) is 0 Å². The summed E-state index contributed by atoms with van der Waals surface area (Å²) in [6.45, 7) is 6.98. The number of ether oxygens (including phenoxy) is 3. The minimum absolute atomic E-state index is 0.104. The molecule has 0 bridgehead atoms. The summed E-state index contributed by atoms with van der Waals surface area (Å²) in [5.41, 5.74) is -0.946. The van der Waals surface area contributed by atoms with E-state index in [9.17, 15) is 14.4 Å². The number of methoxy groups -OCH3 is 1. The van der Waals surface area contributed by atoms with Gasteiger partial charge in [-0.3, -0.25) is 4.79 Å². The minimum atomic E-state index is -1.73. The molecule has 3 amide bonds. The van der Waals surface area contributed by atoms with Crippen molar-refractivity contribution in [1.29, 1.82) is 0 Å². The van der Waals surface area contributed by atoms with Gasteiger partial charge in [-0.25, -0.2) is 9.59 Å². The molecule has 1 aliphatic heterocycles. The second-order valence-corrected chi connectivity index (χ2v) is 8.86. The van der Waals surface area contributed by atoms with Crippen molar-refractivity contribution in [3.8, 4) is 5.75 Å². The van der Waals surface area contributed by atoms with E-state index >= 15 is 0 Å². The highest BCUT2D eigenvalue weighted by atomic mass is 16.6. The molecule has 34 heavy (non-hydrogen) atoms. The lowest BCUT2D eigenvalue weighted by Crippen LogP contribution is -2.60. The fourth-order valence-electron chi connectivity index (χ4n) is 4.14. The van der Waals surface area contributed by atoms with Gasteiger partial charge >= 0.3 is 12.2 Å². The molecule has 2 N–H and O–H groups in total. The third-order valence-corrected chi connectivity index (χ3v) is 5.45. The summed E-state index contributed by atoms with van der Waals surface area (Å²) < 4.78 is 16.2. The van der Waals surface area contributed by atoms with Crippen molar-refractivity contribution < 1.29 is 28.6 Å². The van der Waals surface area contributed by atoms with Gasteiger partial charge < -0.3 is 29.7 Å². The topological polar surface area (TPSA) is 106 Å². The number of rotatable bonds is 6. The monoisotopic (exact) mass is 469 g/mol. The fraction of sp³-hybridized carbons (Fsp3) is 0.400. The van der Waals surface area contributed by atoms with Crippen LogP contribution in [0.5, 0.6) is 5.75 Å². The van der Waals surface area contributed by atoms with Crippen molar-refractivity contribution in [2.75, 3.05) is 25.7 Å². The molecule has 2 atom stereocenters. The van der Waals surface area contributed by atoms with Gasteiger partial charge in [-0.1, -0.05) is 36.4 Å². The first-order valence-corrected chi connectivity index (χ1v) is 11.0. The molecule has 0 aromatic heterocycles. The van der Waals surface area contributed by atoms with Crippen molar-refractivity contribution in [2.24, 2.45) is 0 Å². The smallest absolute Gasteiger partial charge is 0.408 e. The van der Waals surface area contributed by atoms with Crippen molar-refractivity contribution in [3.63, 3.8) is 0 Å². The molecule has 1 aliphatic rings. The highest BCUT2D eigenvalue weighted by molar-refractivity contribution is 6.09. The van der Waals surface area contributed by atoms with Crippen LogP contribution in [-0.2, 0) is 19.8 Å². The van der Waals surface area contributed by atoms with Crippen LogP contribution in [0.1, 0.15) is 44.9 Å². The number of carbonyl (C=O) groups excluding carboxylic acids is 3. The standard InChI is InChI=1S/C25H31N3O6/c1-7-33-23(31)27-25(17-13-9-10-14-18(17)28(5)21(25)29)20(26-22(30)34-24(2,3)4)16-12-8-11-15-19(16)32-6/h8-15,20H,7H2,1-6H3,(H,26,30)(H,27,31)/t20-,25?/m0/s1. The van der Waals surface area contributed by atoms with E-state index in [1.54, 1.807) is 83.3 Å². The van der Waals surface area contributed by atoms with Gasteiger partial charge in [0.25, 0.3) is 5.91 Å². The summed E-state index contributed by atoms with van der Waals surface area (Å²) in [4.78, 5) is 41.2. The first kappa shape index (κ1) is 24.9. The van der Waals surface area contributed by atoms with Crippen LogP contribution in [-0.4, -0.2) is 44.5 Å². The molecular weight excluding hydrogens is 438 g/mol. The molecule has 2 aromatic rings. The number of para-hydroxylation sites is 2. The Bertz CT molecular complexity index is 1080. The van der Waals surface area contributed by atoms with Gasteiger partial charge in [0.15, 0.2) is 5.54 Å². The molecule has 9 heteroatoms. The molecule has 2 aromatic carbocycles. The predicted octanol–water partition coefficient (Wildman–Crippen LogP) is 3.88. The number of nitrogens with one attached hydrogen (secondary N) is 2. The number of fused-ring (bicyclic) bond motifs is 1. The van der Waals surface area contributed by atoms with Crippen LogP contribution in [0.3, 0.4) is 0 Å². The quantitative estimate of drug-likeness (QED) is 0.665. The number of anilines is 1. The zero-order valence-corrected chi connectivity index (χ0v) is 20.3. The lowest BCUT2D eigenvalue weighted by molar-refractivity contribution is -0.125. The highest BCUT2D eigenvalue weighted by Gasteiger charge is 2.58. The number of benzene rings is 2. The predicted molar refractivity (Wildman–Crippen MR) is 127 cm³/mol. The van der Waals surface area contributed by atoms with E-state index < -0.39 is 35.3 Å². The summed E-state index contributed by atoms with van der Waals surface area (Å²) in [7, 11) is 3.11. The highest BCUT2D eigenvalue weighted by Crippen LogP contribution is 2.48. The fourth-order valence-corrected chi connectivity index (χ4v) is 4.14. The molecule has 9 nitrogen and oxygen atoms in total. The van der Waals surface area contributed by atoms with Crippen LogP contribution in [0.4, 0.5) is 15.3 Å². The van der Waals surface area contributed by atoms with E-state index in [2.05, 4.69) is 10.6 Å². The first-order chi connectivity index (χ1) is 16.0. The molecule has 1 heterocycles. The van der Waals surface area contributed by atoms with E-state index in [0.29, 0.717) is 22.6 Å². The Morgan fingerprint density at radius 2 is 1.71 bits per heavy atom. The maximum absolute atomic E-state index is 13.9. The lowest BCUT2D eigenvalue weighted by Gasteiger charge is -2.38. The van der Waals surface area contributed by atoms with Crippen LogP contribution in [0.25, 0.3) is 0 Å². The second-order valence-electron chi connectivity index (χ2n) is 8.86. The van der Waals surface area contributed by atoms with E-state index in [4.69, 9.17) is 14.2 Å². The Hall–Kier alpha value is -3.75. The molecule has 3 rings (SSSR count). The van der Waals surface area contributed by atoms with Gasteiger partial charge in [0.05, 0.1) is 19.8 Å². The van der Waals surface area contributed by atoms with Gasteiger partial charge in [-0.15, -0.1) is 0 Å². The summed E-state index contributed by atoms with van der Waals surface area (Å²) in [6.07, 6.45) is -1.56. The minimum Gasteiger partial charge on any atom is -0.496 e. The molecular formula is C25H31N3O6. The van der Waals surface area contributed by atoms with Crippen LogP contribution >= 0.6 is 0 Å². The van der Waals surface area contributed by atoms with Crippen LogP contribution < -0.4 is 20.3 Å². The van der Waals surface area contributed by atoms with Crippen LogP contribution in [0.2, 0.25) is 0 Å². The number of amides is 3. The Labute approximate surface area is 199 Å². The average molecular weight is 470 g/mol. The average Bonchev–Trinajstić information content (AvgIpc) is 2.99. The number of hydrogen-bond donors (Lipinski definition) is 2. The molecule has 0 saturated heterocycles. The molecule has 0 spiro atoms. The van der Waals surface area contributed by atoms with Gasteiger partial charge in [0.1, 0.15) is 11.4 Å². The second kappa shape index (κ2) is 9.62. The summed E-state index contributed by atoms with van der Waals surface area (Å²) >= 11 is 0. The van der Waals surface area contributed by atoms with Gasteiger partial charge in [-0.05, 0) is 39.8 Å². The lowest BCUT2D eigenvalue weighted by atomic mass is 9.79. The zero-order valence-electron chi connectivity index (χ0n) is 20.3. The van der Waals surface area contributed by atoms with Crippen LogP contribution in [0.15, 0.2) is 48.5 Å². The van der Waals surface area contributed by atoms with Crippen molar-refractivity contribution in [1.82, 2.24) is 10.6 Å². The maximum atomic E-state index is 13.9. The Kier molecular flexibility index (Phi) is 7.04. The van der Waals surface area contributed by atoms with E-state index in [-0.39, 0.29) is 6.61 Å². The van der Waals surface area contributed by atoms with Gasteiger partial charge in [0, 0.05) is 23.9 Å². The first-order valence-electron chi connectivity index (χ1n) is 11.0. The number of carbonyl (C=O) groups is 3. The van der Waals surface area contributed by atoms with Gasteiger partial charge in [0.2, 0.25) is 0 Å². The maximum Gasteiger partial charge on any atom is 0.408 e. The number of nitrogens with zero attached hydrogens (tertiary/aromatic N) is 1. The van der Waals surface area contributed by atoms with E-state index in [1.807, 2.05) is 0 Å².